The van der Waals surface area contributed by atoms with Gasteiger partial charge in [-0.15, -0.1) is 0 Å². The summed E-state index contributed by atoms with van der Waals surface area (Å²) in [6.07, 6.45) is -0.404. The van der Waals surface area contributed by atoms with E-state index in [0.717, 1.165) is 33.4 Å². The summed E-state index contributed by atoms with van der Waals surface area (Å²) >= 11 is 0. The average molecular weight is 1030 g/mol. The molecule has 7 aromatic carbocycles. The highest BCUT2D eigenvalue weighted by Crippen LogP contribution is 2.53. The first-order valence-corrected chi connectivity index (χ1v) is 25.9. The molecule has 2 N–H and O–H groups in total. The van der Waals surface area contributed by atoms with Crippen molar-refractivity contribution < 1.29 is 56.0 Å². The van der Waals surface area contributed by atoms with E-state index in [1.165, 1.54) is 4.58 Å². The SMILES string of the molecule is C=C(N[C@@H](Cc1ccc(OP(=O)(OCc2ccccc2)OCc2ccccc2)c(OCc2ccccc2)c1)C(=O)[N+](=C)CCC[C@H](NC(=O)OCc1ccccc1)C(=O)OCc1ccccc1)OCc1ccccc1. The van der Waals surface area contributed by atoms with Crippen molar-refractivity contribution in [3.05, 3.63) is 252 Å². The van der Waals surface area contributed by atoms with Crippen molar-refractivity contribution in [2.75, 3.05) is 6.54 Å². The maximum Gasteiger partial charge on any atom is 0.530 e. The molecule has 14 nitrogen and oxygen atoms in total. The second-order valence-corrected chi connectivity index (χ2v) is 18.9. The number of benzene rings is 7. The van der Waals surface area contributed by atoms with Crippen LogP contribution in [0, 0.1) is 0 Å². The van der Waals surface area contributed by atoms with Crippen molar-refractivity contribution in [1.29, 1.82) is 0 Å². The Bertz CT molecular complexity index is 2910. The molecular weight excluding hydrogens is 970 g/mol. The van der Waals surface area contributed by atoms with Crippen LogP contribution in [-0.2, 0) is 83.5 Å². The number of nitrogens with zero attached hydrogens (tertiary/aromatic N) is 1. The second-order valence-electron chi connectivity index (χ2n) is 17.3. The molecule has 7 rings (SSSR count). The number of rotatable bonds is 29. The number of carbonyl (C=O) groups is 3. The van der Waals surface area contributed by atoms with Gasteiger partial charge in [0.05, 0.1) is 13.2 Å². The van der Waals surface area contributed by atoms with Crippen LogP contribution in [0.4, 0.5) is 4.79 Å². The predicted octanol–water partition coefficient (Wildman–Crippen LogP) is 11.4. The molecule has 0 fully saturated rings. The topological polar surface area (TPSA) is 160 Å². The average Bonchev–Trinajstić information content (AvgIpc) is 3.45. The van der Waals surface area contributed by atoms with Gasteiger partial charge in [0.15, 0.2) is 30.0 Å². The lowest BCUT2D eigenvalue weighted by molar-refractivity contribution is -0.443. The standard InChI is InChI=1S/C60H60N3O11P/c1-46(68-40-47-22-9-3-10-23-47)61-55(58(64)63(2)37-21-34-54(59(65)70-42-49-26-13-5-14-27-49)62-60(66)71-43-50-28-15-6-16-29-50)38-53-35-36-56(57(39-53)69-41-48-24-11-4-12-25-48)74-75(67,72-44-51-30-17-7-18-31-51)73-45-52-32-19-8-20-33-52/h3-20,22-33,35-36,39,54-55,61H,1-2,21,34,37-38,40-45H2/p+1/t54-,55-/m0/s1. The molecule has 0 aliphatic rings. The Morgan fingerprint density at radius 2 is 0.933 bits per heavy atom. The third-order valence-electron chi connectivity index (χ3n) is 11.5. The molecular formula is C60H61N3O11P+. The monoisotopic (exact) mass is 1030 g/mol. The number of phosphoric acid groups is 1. The molecule has 2 atom stereocenters. The lowest BCUT2D eigenvalue weighted by Crippen LogP contribution is -2.44. The van der Waals surface area contributed by atoms with Crippen LogP contribution in [-0.4, -0.2) is 47.9 Å². The molecule has 0 unspecified atom stereocenters. The summed E-state index contributed by atoms with van der Waals surface area (Å²) < 4.78 is 57.5. The Morgan fingerprint density at radius 3 is 1.43 bits per heavy atom. The van der Waals surface area contributed by atoms with Gasteiger partial charge in [0.25, 0.3) is 0 Å². The lowest BCUT2D eigenvalue weighted by atomic mass is 10.0. The predicted molar refractivity (Wildman–Crippen MR) is 285 cm³/mol. The number of carbonyl (C=O) groups excluding carboxylic acids is 3. The van der Waals surface area contributed by atoms with E-state index in [1.807, 2.05) is 182 Å². The number of amides is 2. The minimum atomic E-state index is -4.33. The summed E-state index contributed by atoms with van der Waals surface area (Å²) in [5.41, 5.74) is 5.44. The number of hydrogen-bond donors (Lipinski definition) is 2. The summed E-state index contributed by atoms with van der Waals surface area (Å²) in [4.78, 5) is 41.1. The normalized spacial score (nSPS) is 11.8. The largest absolute Gasteiger partial charge is 0.530 e. The summed E-state index contributed by atoms with van der Waals surface area (Å²) in [7, 11) is -4.33. The van der Waals surface area contributed by atoms with Crippen LogP contribution in [0.3, 0.4) is 0 Å². The van der Waals surface area contributed by atoms with Gasteiger partial charge in [0, 0.05) is 12.8 Å². The number of ether oxygens (including phenoxy) is 4. The van der Waals surface area contributed by atoms with Crippen molar-refractivity contribution >= 4 is 32.5 Å². The fraction of sp³-hybridized carbons (Fsp3) is 0.200. The minimum absolute atomic E-state index is 0.00208. The van der Waals surface area contributed by atoms with E-state index < -0.39 is 37.9 Å². The van der Waals surface area contributed by atoms with Gasteiger partial charge in [-0.25, -0.2) is 18.9 Å². The van der Waals surface area contributed by atoms with Gasteiger partial charge in [-0.3, -0.25) is 9.05 Å². The molecule has 0 aliphatic carbocycles. The Labute approximate surface area is 438 Å². The number of esters is 1. The Kier molecular flexibility index (Phi) is 20.9. The van der Waals surface area contributed by atoms with Gasteiger partial charge in [-0.1, -0.05) is 188 Å². The number of hydrogen-bond acceptors (Lipinski definition) is 12. The van der Waals surface area contributed by atoms with Gasteiger partial charge in [0.2, 0.25) is 0 Å². The summed E-state index contributed by atoms with van der Waals surface area (Å²) in [6, 6.07) is 58.8. The maximum absolute atomic E-state index is 14.6. The molecule has 75 heavy (non-hydrogen) atoms. The van der Waals surface area contributed by atoms with Gasteiger partial charge >= 0.3 is 25.8 Å². The smallest absolute Gasteiger partial charge is 0.485 e. The molecule has 0 spiro atoms. The van der Waals surface area contributed by atoms with E-state index in [4.69, 9.17) is 32.5 Å². The molecule has 0 aromatic heterocycles. The summed E-state index contributed by atoms with van der Waals surface area (Å²) in [5, 5.41) is 5.82. The third-order valence-corrected chi connectivity index (χ3v) is 12.8. The number of alkyl carbamates (subject to hydrolysis) is 1. The van der Waals surface area contributed by atoms with Crippen molar-refractivity contribution in [1.82, 2.24) is 10.6 Å². The molecule has 0 radical (unpaired) electrons. The fourth-order valence-electron chi connectivity index (χ4n) is 7.49. The Balaban J connectivity index is 1.09. The molecule has 386 valence electrons. The first-order chi connectivity index (χ1) is 36.6. The number of phosphoric ester groups is 1. The van der Waals surface area contributed by atoms with Crippen LogP contribution in [0.5, 0.6) is 11.5 Å². The van der Waals surface area contributed by atoms with Crippen LogP contribution in [0.1, 0.15) is 51.8 Å². The zero-order valence-electron chi connectivity index (χ0n) is 41.6. The zero-order valence-corrected chi connectivity index (χ0v) is 42.5. The molecule has 0 saturated heterocycles. The first kappa shape index (κ1) is 54.5. The molecule has 15 heteroatoms. The Hall–Kier alpha value is -8.29. The van der Waals surface area contributed by atoms with E-state index in [2.05, 4.69) is 23.9 Å². The fourth-order valence-corrected chi connectivity index (χ4v) is 8.67. The van der Waals surface area contributed by atoms with E-state index in [9.17, 15) is 18.9 Å². The summed E-state index contributed by atoms with van der Waals surface area (Å²) in [5.74, 6) is -0.669. The molecule has 0 saturated carbocycles. The number of nitrogens with one attached hydrogen (secondary N) is 2. The second kappa shape index (κ2) is 28.8. The third kappa shape index (κ3) is 18.6. The highest BCUT2D eigenvalue weighted by molar-refractivity contribution is 7.48. The van der Waals surface area contributed by atoms with Gasteiger partial charge in [0.1, 0.15) is 39.2 Å². The molecule has 0 bridgehead atoms. The van der Waals surface area contributed by atoms with E-state index in [0.29, 0.717) is 5.56 Å². The van der Waals surface area contributed by atoms with E-state index in [-0.39, 0.29) is 82.8 Å². The molecule has 0 heterocycles. The maximum atomic E-state index is 14.6. The molecule has 7 aromatic rings. The lowest BCUT2D eigenvalue weighted by Gasteiger charge is -2.22. The van der Waals surface area contributed by atoms with Crippen molar-refractivity contribution in [2.24, 2.45) is 0 Å². The quantitative estimate of drug-likeness (QED) is 0.0150. The minimum Gasteiger partial charge on any atom is -0.485 e. The van der Waals surface area contributed by atoms with Crippen molar-refractivity contribution in [3.8, 4) is 11.5 Å². The van der Waals surface area contributed by atoms with Gasteiger partial charge < -0.3 is 34.1 Å². The van der Waals surface area contributed by atoms with Gasteiger partial charge in [-0.2, -0.15) is 4.58 Å². The van der Waals surface area contributed by atoms with Crippen molar-refractivity contribution in [2.45, 2.75) is 71.0 Å². The highest BCUT2D eigenvalue weighted by atomic mass is 31.2. The summed E-state index contributed by atoms with van der Waals surface area (Å²) in [6.45, 7) is 8.44. The van der Waals surface area contributed by atoms with Crippen LogP contribution in [0.25, 0.3) is 0 Å². The molecule has 0 aliphatic heterocycles. The van der Waals surface area contributed by atoms with Crippen molar-refractivity contribution in [3.63, 3.8) is 0 Å². The van der Waals surface area contributed by atoms with E-state index >= 15 is 0 Å². The van der Waals surface area contributed by atoms with E-state index in [1.54, 1.807) is 18.2 Å². The van der Waals surface area contributed by atoms with Crippen LogP contribution in [0.15, 0.2) is 213 Å². The Morgan fingerprint density at radius 1 is 0.493 bits per heavy atom. The first-order valence-electron chi connectivity index (χ1n) is 24.5. The highest BCUT2D eigenvalue weighted by Gasteiger charge is 2.33. The van der Waals surface area contributed by atoms with Crippen LogP contribution in [0.2, 0.25) is 0 Å². The van der Waals surface area contributed by atoms with Crippen LogP contribution < -0.4 is 19.9 Å². The van der Waals surface area contributed by atoms with Crippen LogP contribution >= 0.6 is 7.82 Å². The van der Waals surface area contributed by atoms with Gasteiger partial charge in [-0.05, 0) is 64.1 Å². The molecule has 2 amide bonds. The zero-order chi connectivity index (χ0) is 52.5.